The number of hydrogen-bond acceptors (Lipinski definition) is 3. The van der Waals surface area contributed by atoms with Crippen LogP contribution in [0.4, 0.5) is 8.78 Å². The lowest BCUT2D eigenvalue weighted by Crippen LogP contribution is -2.27. The van der Waals surface area contributed by atoms with E-state index in [-0.39, 0.29) is 42.6 Å². The molecule has 150 valence electrons. The number of aromatic nitrogens is 1. The van der Waals surface area contributed by atoms with Gasteiger partial charge in [-0.05, 0) is 49.8 Å². The van der Waals surface area contributed by atoms with Crippen molar-refractivity contribution in [2.45, 2.75) is 50.4 Å². The molecule has 7 heteroatoms. The molecule has 1 aliphatic carbocycles. The lowest BCUT2D eigenvalue weighted by molar-refractivity contribution is -0.0449. The quantitative estimate of drug-likeness (QED) is 0.523. The second-order valence-electron chi connectivity index (χ2n) is 7.93. The smallest absolute Gasteiger partial charge is 0.248 e. The van der Waals surface area contributed by atoms with Gasteiger partial charge in [-0.2, -0.15) is 0 Å². The van der Waals surface area contributed by atoms with Gasteiger partial charge in [0.15, 0.2) is 0 Å². The van der Waals surface area contributed by atoms with Crippen molar-refractivity contribution < 1.29 is 18.3 Å². The highest BCUT2D eigenvalue weighted by molar-refractivity contribution is 6.47. The zero-order chi connectivity index (χ0) is 19.9. The van der Waals surface area contributed by atoms with Gasteiger partial charge in [-0.25, -0.2) is 8.78 Å². The number of nitrogens with zero attached hydrogens (tertiary/aromatic N) is 1. The summed E-state index contributed by atoms with van der Waals surface area (Å²) in [4.78, 5) is 13.1. The molecule has 1 unspecified atom stereocenters. The minimum atomic E-state index is -2.60. The highest BCUT2D eigenvalue weighted by Crippen LogP contribution is 2.38. The fraction of sp³-hybridized carbons (Fsp3) is 0.524. The molecule has 2 aromatic heterocycles. The number of ether oxygens (including phenoxy) is 1. The predicted molar refractivity (Wildman–Crippen MR) is 104 cm³/mol. The highest BCUT2D eigenvalue weighted by atomic mass is 35.5. The van der Waals surface area contributed by atoms with Gasteiger partial charge in [-0.15, -0.1) is 0 Å². The summed E-state index contributed by atoms with van der Waals surface area (Å²) in [5.74, 6) is -2.83. The Labute approximate surface area is 167 Å². The van der Waals surface area contributed by atoms with E-state index in [0.717, 1.165) is 12.1 Å². The molecule has 4 rings (SSSR count). The monoisotopic (exact) mass is 408 g/mol. The molecule has 0 bridgehead atoms. The van der Waals surface area contributed by atoms with Crippen molar-refractivity contribution in [2.24, 2.45) is 5.92 Å². The first kappa shape index (κ1) is 19.5. The van der Waals surface area contributed by atoms with Crippen LogP contribution >= 0.6 is 11.6 Å². The van der Waals surface area contributed by atoms with E-state index in [1.54, 1.807) is 6.07 Å². The van der Waals surface area contributed by atoms with Crippen LogP contribution in [0.3, 0.4) is 0 Å². The van der Waals surface area contributed by atoms with Gasteiger partial charge in [0.25, 0.3) is 0 Å². The van der Waals surface area contributed by atoms with Crippen LogP contribution in [0.1, 0.15) is 60.5 Å². The Morgan fingerprint density at radius 2 is 2.07 bits per heavy atom. The molecule has 0 aromatic carbocycles. The molecule has 2 fully saturated rings. The summed E-state index contributed by atoms with van der Waals surface area (Å²) in [6.07, 6.45) is 3.37. The molecule has 2 aromatic rings. The predicted octanol–water partition coefficient (Wildman–Crippen LogP) is 5.51. The SMILES string of the molecule is N=C(CC1CCC(F)(F)CC1)C(=O)c1cc(C2CCOC2)n2cccc(Cl)c12. The topological polar surface area (TPSA) is 54.6 Å². The Balaban J connectivity index is 1.59. The lowest BCUT2D eigenvalue weighted by Gasteiger charge is -2.28. The van der Waals surface area contributed by atoms with Crippen molar-refractivity contribution in [3.05, 3.63) is 40.7 Å². The van der Waals surface area contributed by atoms with E-state index in [1.165, 1.54) is 0 Å². The van der Waals surface area contributed by atoms with Gasteiger partial charge in [0, 0.05) is 37.3 Å². The molecule has 1 atom stereocenters. The maximum Gasteiger partial charge on any atom is 0.248 e. The summed E-state index contributed by atoms with van der Waals surface area (Å²) >= 11 is 6.40. The third kappa shape index (κ3) is 3.72. The third-order valence-corrected chi connectivity index (χ3v) is 6.27. The van der Waals surface area contributed by atoms with Gasteiger partial charge in [-0.1, -0.05) is 11.6 Å². The molecule has 0 amide bonds. The van der Waals surface area contributed by atoms with Crippen LogP contribution in [-0.2, 0) is 4.74 Å². The number of carbonyl (C=O) groups is 1. The summed E-state index contributed by atoms with van der Waals surface area (Å²) in [5.41, 5.74) is 1.95. The van der Waals surface area contributed by atoms with Gasteiger partial charge in [-0.3, -0.25) is 4.79 Å². The zero-order valence-electron chi connectivity index (χ0n) is 15.5. The molecule has 1 aliphatic heterocycles. The van der Waals surface area contributed by atoms with Crippen LogP contribution in [0.15, 0.2) is 24.4 Å². The number of nitrogens with one attached hydrogen (secondary N) is 1. The van der Waals surface area contributed by atoms with E-state index in [1.807, 2.05) is 22.7 Å². The summed E-state index contributed by atoms with van der Waals surface area (Å²) in [6.45, 7) is 1.28. The number of ketones is 1. The van der Waals surface area contributed by atoms with Crippen LogP contribution in [0.5, 0.6) is 0 Å². The largest absolute Gasteiger partial charge is 0.381 e. The standard InChI is InChI=1S/C21H23ClF2N2O2/c22-16-2-1-8-26-18(14-5-9-28-12-14)11-15(19(16)26)20(27)17(25)10-13-3-6-21(23,24)7-4-13/h1-2,8,11,13-14,25H,3-7,9-10,12H2. The Morgan fingerprint density at radius 3 is 2.75 bits per heavy atom. The first-order valence-electron chi connectivity index (χ1n) is 9.73. The summed E-state index contributed by atoms with van der Waals surface area (Å²) in [5, 5.41) is 8.78. The van der Waals surface area contributed by atoms with Gasteiger partial charge in [0.05, 0.1) is 28.4 Å². The Bertz CT molecular complexity index is 909. The number of halogens is 3. The van der Waals surface area contributed by atoms with E-state index >= 15 is 0 Å². The molecule has 1 saturated heterocycles. The fourth-order valence-electron chi connectivity index (χ4n) is 4.34. The number of Topliss-reactive ketones (excluding diaryl/α,β-unsaturated/α-hetero) is 1. The van der Waals surface area contributed by atoms with E-state index in [9.17, 15) is 13.6 Å². The molecule has 4 nitrogen and oxygen atoms in total. The molecule has 1 saturated carbocycles. The van der Waals surface area contributed by atoms with Crippen molar-refractivity contribution in [1.29, 1.82) is 5.41 Å². The van der Waals surface area contributed by atoms with Gasteiger partial charge >= 0.3 is 0 Å². The first-order chi connectivity index (χ1) is 13.4. The summed E-state index contributed by atoms with van der Waals surface area (Å²) in [7, 11) is 0. The molecule has 0 radical (unpaired) electrons. The van der Waals surface area contributed by atoms with E-state index in [2.05, 4.69) is 0 Å². The van der Waals surface area contributed by atoms with Crippen molar-refractivity contribution in [1.82, 2.24) is 4.40 Å². The van der Waals surface area contributed by atoms with E-state index < -0.39 is 5.92 Å². The number of alkyl halides is 2. The number of pyridine rings is 1. The molecule has 3 heterocycles. The lowest BCUT2D eigenvalue weighted by atomic mass is 9.82. The first-order valence-corrected chi connectivity index (χ1v) is 10.1. The molecular formula is C21H23ClF2N2O2. The molecule has 1 N–H and O–H groups in total. The van der Waals surface area contributed by atoms with Crippen LogP contribution in [0.2, 0.25) is 5.02 Å². The molecule has 28 heavy (non-hydrogen) atoms. The Hall–Kier alpha value is -1.79. The third-order valence-electron chi connectivity index (χ3n) is 5.97. The molecule has 0 spiro atoms. The van der Waals surface area contributed by atoms with Gasteiger partial charge < -0.3 is 14.5 Å². The van der Waals surface area contributed by atoms with Crippen molar-refractivity contribution in [2.75, 3.05) is 13.2 Å². The number of hydrogen-bond donors (Lipinski definition) is 1. The van der Waals surface area contributed by atoms with E-state index in [0.29, 0.717) is 42.2 Å². The van der Waals surface area contributed by atoms with Crippen LogP contribution in [0.25, 0.3) is 5.52 Å². The second kappa shape index (κ2) is 7.56. The Kier molecular flexibility index (Phi) is 5.27. The number of carbonyl (C=O) groups excluding carboxylic acids is 1. The van der Waals surface area contributed by atoms with Gasteiger partial charge in [0.1, 0.15) is 0 Å². The van der Waals surface area contributed by atoms with Crippen LogP contribution in [-0.4, -0.2) is 35.0 Å². The van der Waals surface area contributed by atoms with Gasteiger partial charge in [0.2, 0.25) is 11.7 Å². The average Bonchev–Trinajstić information content (AvgIpc) is 3.31. The van der Waals surface area contributed by atoms with Crippen molar-refractivity contribution in [3.8, 4) is 0 Å². The summed E-state index contributed by atoms with van der Waals surface area (Å²) < 4.78 is 34.1. The maximum absolute atomic E-state index is 13.4. The van der Waals surface area contributed by atoms with Crippen LogP contribution < -0.4 is 0 Å². The number of rotatable bonds is 5. The average molecular weight is 409 g/mol. The highest BCUT2D eigenvalue weighted by Gasteiger charge is 2.36. The Morgan fingerprint density at radius 1 is 1.32 bits per heavy atom. The van der Waals surface area contributed by atoms with E-state index in [4.69, 9.17) is 21.7 Å². The second-order valence-corrected chi connectivity index (χ2v) is 8.34. The normalized spacial score (nSPS) is 22.6. The van der Waals surface area contributed by atoms with Crippen molar-refractivity contribution in [3.63, 3.8) is 0 Å². The zero-order valence-corrected chi connectivity index (χ0v) is 16.3. The van der Waals surface area contributed by atoms with Crippen molar-refractivity contribution >= 4 is 28.6 Å². The number of fused-ring (bicyclic) bond motifs is 1. The maximum atomic E-state index is 13.4. The summed E-state index contributed by atoms with van der Waals surface area (Å²) in [6, 6.07) is 5.39. The molecular weight excluding hydrogens is 386 g/mol. The molecule has 2 aliphatic rings. The minimum absolute atomic E-state index is 0.0307. The fourth-order valence-corrected chi connectivity index (χ4v) is 4.61. The van der Waals surface area contributed by atoms with Crippen LogP contribution in [0, 0.1) is 11.3 Å². The minimum Gasteiger partial charge on any atom is -0.381 e.